The SMILES string of the molecule is [C-]#[N+]Cc1ccccc1OCC=C. The van der Waals surface area contributed by atoms with Crippen LogP contribution in [-0.4, -0.2) is 6.61 Å². The number of rotatable bonds is 4. The fourth-order valence-corrected chi connectivity index (χ4v) is 1.01. The van der Waals surface area contributed by atoms with E-state index in [0.717, 1.165) is 11.3 Å². The molecule has 0 aliphatic heterocycles. The summed E-state index contributed by atoms with van der Waals surface area (Å²) >= 11 is 0. The Kier molecular flexibility index (Phi) is 3.59. The highest BCUT2D eigenvalue weighted by atomic mass is 16.5. The summed E-state index contributed by atoms with van der Waals surface area (Å²) in [7, 11) is 0. The smallest absolute Gasteiger partial charge is 0.243 e. The predicted molar refractivity (Wildman–Crippen MR) is 52.4 cm³/mol. The molecule has 2 nitrogen and oxygen atoms in total. The van der Waals surface area contributed by atoms with Gasteiger partial charge in [0.15, 0.2) is 0 Å². The van der Waals surface area contributed by atoms with E-state index < -0.39 is 0 Å². The molecule has 0 fully saturated rings. The average Bonchev–Trinajstić information content (AvgIpc) is 2.17. The first kappa shape index (κ1) is 9.34. The van der Waals surface area contributed by atoms with Crippen LogP contribution in [0, 0.1) is 6.57 Å². The second kappa shape index (κ2) is 5.00. The highest BCUT2D eigenvalue weighted by Crippen LogP contribution is 2.18. The molecule has 0 N–H and O–H groups in total. The molecule has 0 atom stereocenters. The van der Waals surface area contributed by atoms with Crippen LogP contribution >= 0.6 is 0 Å². The van der Waals surface area contributed by atoms with Crippen LogP contribution in [0.3, 0.4) is 0 Å². The van der Waals surface area contributed by atoms with Crippen molar-refractivity contribution in [2.75, 3.05) is 6.61 Å². The number of benzene rings is 1. The second-order valence-electron chi connectivity index (χ2n) is 2.52. The summed E-state index contributed by atoms with van der Waals surface area (Å²) in [6, 6.07) is 7.56. The van der Waals surface area contributed by atoms with Crippen LogP contribution in [0.1, 0.15) is 5.56 Å². The molecule has 66 valence electrons. The summed E-state index contributed by atoms with van der Waals surface area (Å²) in [5.74, 6) is 0.776. The summed E-state index contributed by atoms with van der Waals surface area (Å²) in [5.41, 5.74) is 0.930. The van der Waals surface area contributed by atoms with Gasteiger partial charge in [-0.05, 0) is 12.1 Å². The standard InChI is InChI=1S/C11H11NO/c1-3-8-13-11-7-5-4-6-10(11)9-12-2/h3-7H,1,8-9H2. The normalized spacial score (nSPS) is 8.85. The minimum absolute atomic E-state index is 0.368. The summed E-state index contributed by atoms with van der Waals surface area (Å²) in [6.07, 6.45) is 1.69. The van der Waals surface area contributed by atoms with Crippen LogP contribution in [0.5, 0.6) is 5.75 Å². The Morgan fingerprint density at radius 1 is 1.46 bits per heavy atom. The van der Waals surface area contributed by atoms with Gasteiger partial charge in [0, 0.05) is 0 Å². The lowest BCUT2D eigenvalue weighted by molar-refractivity contribution is 0.360. The van der Waals surface area contributed by atoms with Gasteiger partial charge < -0.3 is 9.58 Å². The highest BCUT2D eigenvalue weighted by molar-refractivity contribution is 5.34. The van der Waals surface area contributed by atoms with Crippen LogP contribution in [-0.2, 0) is 6.54 Å². The molecule has 0 heterocycles. The second-order valence-corrected chi connectivity index (χ2v) is 2.52. The molecule has 1 aromatic rings. The maximum absolute atomic E-state index is 6.76. The lowest BCUT2D eigenvalue weighted by Crippen LogP contribution is -1.95. The number of para-hydroxylation sites is 1. The lowest BCUT2D eigenvalue weighted by atomic mass is 10.2. The van der Waals surface area contributed by atoms with Gasteiger partial charge in [0.1, 0.15) is 12.4 Å². The van der Waals surface area contributed by atoms with Crippen LogP contribution < -0.4 is 4.74 Å². The third-order valence-electron chi connectivity index (χ3n) is 1.58. The van der Waals surface area contributed by atoms with E-state index >= 15 is 0 Å². The van der Waals surface area contributed by atoms with E-state index in [-0.39, 0.29) is 0 Å². The Balaban J connectivity index is 2.79. The molecule has 0 amide bonds. The number of nitrogens with zero attached hydrogens (tertiary/aromatic N) is 1. The van der Waals surface area contributed by atoms with Gasteiger partial charge in [-0.15, -0.1) is 0 Å². The minimum atomic E-state index is 0.368. The van der Waals surface area contributed by atoms with Crippen molar-refractivity contribution >= 4 is 0 Å². The summed E-state index contributed by atoms with van der Waals surface area (Å²) in [6.45, 7) is 11.2. The van der Waals surface area contributed by atoms with Gasteiger partial charge in [0.25, 0.3) is 0 Å². The maximum Gasteiger partial charge on any atom is 0.243 e. The molecule has 0 radical (unpaired) electrons. The van der Waals surface area contributed by atoms with Crippen molar-refractivity contribution in [1.82, 2.24) is 0 Å². The van der Waals surface area contributed by atoms with Crippen molar-refractivity contribution in [3.63, 3.8) is 0 Å². The fraction of sp³-hybridized carbons (Fsp3) is 0.182. The van der Waals surface area contributed by atoms with Gasteiger partial charge in [-0.1, -0.05) is 24.8 Å². The first-order valence-electron chi connectivity index (χ1n) is 4.03. The van der Waals surface area contributed by atoms with Crippen LogP contribution in [0.25, 0.3) is 4.85 Å². The molecule has 2 heteroatoms. The Morgan fingerprint density at radius 3 is 2.92 bits per heavy atom. The van der Waals surface area contributed by atoms with E-state index in [1.54, 1.807) is 6.08 Å². The van der Waals surface area contributed by atoms with Crippen molar-refractivity contribution in [3.8, 4) is 5.75 Å². The molecule has 1 rings (SSSR count). The summed E-state index contributed by atoms with van der Waals surface area (Å²) < 4.78 is 5.38. The Bertz CT molecular complexity index is 325. The van der Waals surface area contributed by atoms with Crippen molar-refractivity contribution < 1.29 is 4.74 Å². The molecule has 13 heavy (non-hydrogen) atoms. The van der Waals surface area contributed by atoms with E-state index in [2.05, 4.69) is 11.4 Å². The van der Waals surface area contributed by atoms with E-state index in [1.807, 2.05) is 24.3 Å². The molecule has 0 saturated carbocycles. The van der Waals surface area contributed by atoms with Gasteiger partial charge in [0.2, 0.25) is 6.54 Å². The van der Waals surface area contributed by atoms with Gasteiger partial charge in [-0.3, -0.25) is 0 Å². The van der Waals surface area contributed by atoms with Crippen molar-refractivity contribution in [2.24, 2.45) is 0 Å². The topological polar surface area (TPSA) is 13.6 Å². The van der Waals surface area contributed by atoms with Crippen LogP contribution in [0.2, 0.25) is 0 Å². The van der Waals surface area contributed by atoms with Crippen molar-refractivity contribution in [1.29, 1.82) is 0 Å². The molecule has 0 saturated heterocycles. The summed E-state index contributed by atoms with van der Waals surface area (Å²) in [5, 5.41) is 0. The third kappa shape index (κ3) is 2.64. The zero-order chi connectivity index (χ0) is 9.52. The monoisotopic (exact) mass is 173 g/mol. The molecule has 1 aromatic carbocycles. The maximum atomic E-state index is 6.76. The Morgan fingerprint density at radius 2 is 2.23 bits per heavy atom. The van der Waals surface area contributed by atoms with E-state index in [0.29, 0.717) is 13.2 Å². The summed E-state index contributed by atoms with van der Waals surface area (Å²) in [4.78, 5) is 3.32. The first-order valence-corrected chi connectivity index (χ1v) is 4.03. The van der Waals surface area contributed by atoms with Gasteiger partial charge in [-0.25, -0.2) is 6.57 Å². The van der Waals surface area contributed by atoms with Gasteiger partial charge in [0.05, 0.1) is 5.56 Å². The molecule has 0 unspecified atom stereocenters. The quantitative estimate of drug-likeness (QED) is 0.504. The Labute approximate surface area is 78.3 Å². The molecule has 0 bridgehead atoms. The van der Waals surface area contributed by atoms with Gasteiger partial charge in [-0.2, -0.15) is 0 Å². The average molecular weight is 173 g/mol. The predicted octanol–water partition coefficient (Wildman–Crippen LogP) is 2.67. The Hall–Kier alpha value is -1.75. The molecule has 0 aliphatic carbocycles. The lowest BCUT2D eigenvalue weighted by Gasteiger charge is -2.05. The molecule has 0 spiro atoms. The highest BCUT2D eigenvalue weighted by Gasteiger charge is 2.02. The fourth-order valence-electron chi connectivity index (χ4n) is 1.01. The first-order chi connectivity index (χ1) is 6.38. The number of hydrogen-bond acceptors (Lipinski definition) is 1. The number of hydrogen-bond donors (Lipinski definition) is 0. The zero-order valence-electron chi connectivity index (χ0n) is 7.36. The van der Waals surface area contributed by atoms with Crippen LogP contribution in [0.15, 0.2) is 36.9 Å². The minimum Gasteiger partial charge on any atom is -0.489 e. The molecular weight excluding hydrogens is 162 g/mol. The van der Waals surface area contributed by atoms with Crippen molar-refractivity contribution in [2.45, 2.75) is 6.54 Å². The van der Waals surface area contributed by atoms with E-state index in [4.69, 9.17) is 11.3 Å². The van der Waals surface area contributed by atoms with Gasteiger partial charge >= 0.3 is 0 Å². The van der Waals surface area contributed by atoms with Crippen LogP contribution in [0.4, 0.5) is 0 Å². The third-order valence-corrected chi connectivity index (χ3v) is 1.58. The van der Waals surface area contributed by atoms with E-state index in [9.17, 15) is 0 Å². The molecule has 0 aliphatic rings. The molecule has 0 aromatic heterocycles. The molecular formula is C11H11NO. The van der Waals surface area contributed by atoms with Crippen molar-refractivity contribution in [3.05, 3.63) is 53.9 Å². The largest absolute Gasteiger partial charge is 0.489 e. The van der Waals surface area contributed by atoms with E-state index in [1.165, 1.54) is 0 Å². The zero-order valence-corrected chi connectivity index (χ0v) is 7.36. The number of ether oxygens (including phenoxy) is 1.